The van der Waals surface area contributed by atoms with E-state index in [9.17, 15) is 4.79 Å². The normalized spacial score (nSPS) is 16.5. The van der Waals surface area contributed by atoms with Crippen molar-refractivity contribution in [3.8, 4) is 0 Å². The third-order valence-corrected chi connectivity index (χ3v) is 5.52. The first-order chi connectivity index (χ1) is 10.6. The Labute approximate surface area is 141 Å². The number of nitrogens with zero attached hydrogens (tertiary/aromatic N) is 1. The van der Waals surface area contributed by atoms with Crippen LogP contribution in [0.3, 0.4) is 0 Å². The Kier molecular flexibility index (Phi) is 4.49. The number of hydrogen-bond donors (Lipinski definition) is 2. The number of hydrogen-bond acceptors (Lipinski definition) is 6. The van der Waals surface area contributed by atoms with Gasteiger partial charge in [0.15, 0.2) is 0 Å². The molecule has 2 aromatic rings. The molecule has 0 aliphatic carbocycles. The zero-order chi connectivity index (χ0) is 15.7. The Morgan fingerprint density at radius 2 is 2.23 bits per heavy atom. The molecule has 1 fully saturated rings. The SMILES string of the molecule is CN(CCO)c1ccc2cc(/C=C3\SC(=S)NC3=O)sc2c1. The molecule has 0 spiro atoms. The van der Waals surface area contributed by atoms with Crippen LogP contribution in [0, 0.1) is 0 Å². The number of rotatable bonds is 4. The number of carbonyl (C=O) groups is 1. The average Bonchev–Trinajstić information content (AvgIpc) is 3.01. The molecule has 1 aliphatic heterocycles. The summed E-state index contributed by atoms with van der Waals surface area (Å²) < 4.78 is 1.66. The molecule has 0 atom stereocenters. The van der Waals surface area contributed by atoms with Gasteiger partial charge in [-0.2, -0.15) is 0 Å². The third-order valence-electron chi connectivity index (χ3n) is 3.31. The Morgan fingerprint density at radius 3 is 2.91 bits per heavy atom. The summed E-state index contributed by atoms with van der Waals surface area (Å²) in [5.41, 5.74) is 1.07. The van der Waals surface area contributed by atoms with E-state index in [1.54, 1.807) is 11.3 Å². The highest BCUT2D eigenvalue weighted by Gasteiger charge is 2.22. The van der Waals surface area contributed by atoms with Gasteiger partial charge in [-0.05, 0) is 29.7 Å². The summed E-state index contributed by atoms with van der Waals surface area (Å²) in [5.74, 6) is -0.129. The highest BCUT2D eigenvalue weighted by molar-refractivity contribution is 8.26. The van der Waals surface area contributed by atoms with Gasteiger partial charge in [0.2, 0.25) is 0 Å². The van der Waals surface area contributed by atoms with Gasteiger partial charge in [0, 0.05) is 28.9 Å². The highest BCUT2D eigenvalue weighted by Crippen LogP contribution is 2.33. The lowest BCUT2D eigenvalue weighted by Crippen LogP contribution is -2.20. The van der Waals surface area contributed by atoms with Gasteiger partial charge in [-0.3, -0.25) is 4.79 Å². The number of nitrogens with one attached hydrogen (secondary N) is 1. The summed E-state index contributed by atoms with van der Waals surface area (Å²) in [6.07, 6.45) is 1.88. The molecule has 114 valence electrons. The lowest BCUT2D eigenvalue weighted by Gasteiger charge is -2.17. The third kappa shape index (κ3) is 3.17. The summed E-state index contributed by atoms with van der Waals surface area (Å²) in [5, 5.41) is 12.8. The summed E-state index contributed by atoms with van der Waals surface area (Å²) in [4.78, 5) is 15.4. The van der Waals surface area contributed by atoms with Crippen molar-refractivity contribution in [2.45, 2.75) is 0 Å². The first-order valence-electron chi connectivity index (χ1n) is 6.67. The lowest BCUT2D eigenvalue weighted by molar-refractivity contribution is -0.115. The second-order valence-corrected chi connectivity index (χ2v) is 7.70. The molecule has 1 aromatic carbocycles. The molecule has 2 heterocycles. The fourth-order valence-corrected chi connectivity index (χ4v) is 4.33. The largest absolute Gasteiger partial charge is 0.395 e. The van der Waals surface area contributed by atoms with Gasteiger partial charge in [-0.25, -0.2) is 0 Å². The number of amides is 1. The molecule has 22 heavy (non-hydrogen) atoms. The Morgan fingerprint density at radius 1 is 1.41 bits per heavy atom. The van der Waals surface area contributed by atoms with Gasteiger partial charge in [-0.1, -0.05) is 30.0 Å². The maximum Gasteiger partial charge on any atom is 0.263 e. The molecular formula is C15H14N2O2S3. The molecule has 1 amide bonds. The zero-order valence-corrected chi connectivity index (χ0v) is 14.3. The number of thiophene rings is 1. The summed E-state index contributed by atoms with van der Waals surface area (Å²) in [6.45, 7) is 0.727. The second-order valence-electron chi connectivity index (χ2n) is 4.87. The maximum absolute atomic E-state index is 11.7. The fourth-order valence-electron chi connectivity index (χ4n) is 2.18. The van der Waals surface area contributed by atoms with Crippen molar-refractivity contribution in [3.05, 3.63) is 34.0 Å². The van der Waals surface area contributed by atoms with E-state index in [1.165, 1.54) is 11.8 Å². The fraction of sp³-hybridized carbons (Fsp3) is 0.200. The van der Waals surface area contributed by atoms with Crippen molar-refractivity contribution in [2.24, 2.45) is 0 Å². The zero-order valence-electron chi connectivity index (χ0n) is 11.8. The van der Waals surface area contributed by atoms with E-state index in [4.69, 9.17) is 17.3 Å². The molecular weight excluding hydrogens is 336 g/mol. The van der Waals surface area contributed by atoms with Crippen LogP contribution in [0.2, 0.25) is 0 Å². The van der Waals surface area contributed by atoms with E-state index >= 15 is 0 Å². The first-order valence-corrected chi connectivity index (χ1v) is 8.71. The van der Waals surface area contributed by atoms with Crippen LogP contribution in [-0.4, -0.2) is 35.5 Å². The van der Waals surface area contributed by atoms with E-state index in [0.29, 0.717) is 15.8 Å². The lowest BCUT2D eigenvalue weighted by atomic mass is 10.2. The van der Waals surface area contributed by atoms with Gasteiger partial charge in [-0.15, -0.1) is 11.3 Å². The molecule has 0 bridgehead atoms. The standard InChI is InChI=1S/C15H14N2O2S3/c1-17(4-5-18)10-3-2-9-6-11(21-12(9)7-10)8-13-14(19)16-15(20)22-13/h2-3,6-8,18H,4-5H2,1H3,(H,16,19,20)/b13-8-. The average molecular weight is 350 g/mol. The van der Waals surface area contributed by atoms with Crippen LogP contribution in [0.4, 0.5) is 5.69 Å². The Bertz CT molecular complexity index is 782. The molecule has 0 unspecified atom stereocenters. The van der Waals surface area contributed by atoms with Gasteiger partial charge < -0.3 is 15.3 Å². The predicted octanol–water partition coefficient (Wildman–Crippen LogP) is 2.82. The molecule has 7 heteroatoms. The van der Waals surface area contributed by atoms with Crippen molar-refractivity contribution in [3.63, 3.8) is 0 Å². The minimum absolute atomic E-state index is 0.128. The monoisotopic (exact) mass is 350 g/mol. The molecule has 1 aliphatic rings. The Hall–Kier alpha value is -1.41. The van der Waals surface area contributed by atoms with Crippen LogP contribution in [0.25, 0.3) is 16.2 Å². The van der Waals surface area contributed by atoms with Crippen LogP contribution in [0.1, 0.15) is 4.88 Å². The van der Waals surface area contributed by atoms with Crippen LogP contribution in [0.5, 0.6) is 0 Å². The maximum atomic E-state index is 11.7. The van der Waals surface area contributed by atoms with Gasteiger partial charge in [0.25, 0.3) is 5.91 Å². The number of anilines is 1. The Balaban J connectivity index is 1.91. The van der Waals surface area contributed by atoms with Crippen LogP contribution >= 0.6 is 35.3 Å². The van der Waals surface area contributed by atoms with E-state index in [1.807, 2.05) is 24.1 Å². The van der Waals surface area contributed by atoms with E-state index in [0.717, 1.165) is 20.7 Å². The number of likely N-dealkylation sites (N-methyl/N-ethyl adjacent to an activating group) is 1. The van der Waals surface area contributed by atoms with E-state index < -0.39 is 0 Å². The molecule has 0 radical (unpaired) electrons. The number of thiocarbonyl (C=S) groups is 1. The predicted molar refractivity (Wildman–Crippen MR) is 98.5 cm³/mol. The van der Waals surface area contributed by atoms with Crippen LogP contribution in [0.15, 0.2) is 29.2 Å². The van der Waals surface area contributed by atoms with Crippen molar-refractivity contribution in [1.82, 2.24) is 5.32 Å². The first kappa shape index (κ1) is 15.5. The smallest absolute Gasteiger partial charge is 0.263 e. The number of aliphatic hydroxyl groups is 1. The van der Waals surface area contributed by atoms with Crippen LogP contribution in [-0.2, 0) is 4.79 Å². The van der Waals surface area contributed by atoms with Gasteiger partial charge in [0.05, 0.1) is 11.5 Å². The van der Waals surface area contributed by atoms with Crippen molar-refractivity contribution in [1.29, 1.82) is 0 Å². The van der Waals surface area contributed by atoms with Crippen molar-refractivity contribution >= 4 is 67.4 Å². The minimum atomic E-state index is -0.129. The number of carbonyl (C=O) groups excluding carboxylic acids is 1. The topological polar surface area (TPSA) is 52.6 Å². The van der Waals surface area contributed by atoms with Gasteiger partial charge >= 0.3 is 0 Å². The molecule has 4 nitrogen and oxygen atoms in total. The molecule has 1 aromatic heterocycles. The van der Waals surface area contributed by atoms with Crippen molar-refractivity contribution < 1.29 is 9.90 Å². The number of aliphatic hydroxyl groups excluding tert-OH is 1. The van der Waals surface area contributed by atoms with E-state index in [2.05, 4.69) is 23.5 Å². The summed E-state index contributed by atoms with van der Waals surface area (Å²) >= 11 is 7.92. The number of thioether (sulfide) groups is 1. The molecule has 2 N–H and O–H groups in total. The van der Waals surface area contributed by atoms with Crippen molar-refractivity contribution in [2.75, 3.05) is 25.1 Å². The molecule has 0 saturated carbocycles. The van der Waals surface area contributed by atoms with E-state index in [-0.39, 0.29) is 12.5 Å². The van der Waals surface area contributed by atoms with Gasteiger partial charge in [0.1, 0.15) is 4.32 Å². The quantitative estimate of drug-likeness (QED) is 0.656. The molecule has 1 saturated heterocycles. The number of fused-ring (bicyclic) bond motifs is 1. The summed E-state index contributed by atoms with van der Waals surface area (Å²) in [6, 6.07) is 8.26. The molecule has 3 rings (SSSR count). The van der Waals surface area contributed by atoms with Crippen LogP contribution < -0.4 is 10.2 Å². The summed E-state index contributed by atoms with van der Waals surface area (Å²) in [7, 11) is 1.95. The number of benzene rings is 1. The highest BCUT2D eigenvalue weighted by atomic mass is 32.2. The minimum Gasteiger partial charge on any atom is -0.395 e. The second kappa shape index (κ2) is 6.37.